The number of aliphatic hydroxyl groups is 1. The zero-order valence-electron chi connectivity index (χ0n) is 12.9. The van der Waals surface area contributed by atoms with E-state index >= 15 is 0 Å². The molecule has 1 aromatic carbocycles. The van der Waals surface area contributed by atoms with Crippen LogP contribution in [0.25, 0.3) is 0 Å². The first-order valence-electron chi connectivity index (χ1n) is 7.64. The van der Waals surface area contributed by atoms with Gasteiger partial charge >= 0.3 is 6.03 Å². The molecule has 0 bridgehead atoms. The Morgan fingerprint density at radius 2 is 2.09 bits per heavy atom. The van der Waals surface area contributed by atoms with Crippen molar-refractivity contribution in [2.45, 2.75) is 25.1 Å². The van der Waals surface area contributed by atoms with Crippen LogP contribution in [0, 0.1) is 12.8 Å². The molecule has 0 aromatic heterocycles. The molecule has 0 fully saturated rings. The highest BCUT2D eigenvalue weighted by Gasteiger charge is 2.19. The molecule has 2 rings (SSSR count). The lowest BCUT2D eigenvalue weighted by molar-refractivity contribution is 0.232. The highest BCUT2D eigenvalue weighted by molar-refractivity contribution is 7.98. The maximum atomic E-state index is 11.7. The molecule has 1 aromatic rings. The summed E-state index contributed by atoms with van der Waals surface area (Å²) in [4.78, 5) is 11.7. The summed E-state index contributed by atoms with van der Waals surface area (Å²) in [6.45, 7) is 2.88. The quantitative estimate of drug-likeness (QED) is 0.534. The second-order valence-corrected chi connectivity index (χ2v) is 6.71. The van der Waals surface area contributed by atoms with Crippen LogP contribution in [0.5, 0.6) is 0 Å². The lowest BCUT2D eigenvalue weighted by Gasteiger charge is -2.13. The van der Waals surface area contributed by atoms with Crippen molar-refractivity contribution in [2.24, 2.45) is 5.92 Å². The van der Waals surface area contributed by atoms with E-state index < -0.39 is 0 Å². The third kappa shape index (κ3) is 5.73. The minimum atomic E-state index is -0.135. The van der Waals surface area contributed by atoms with Crippen molar-refractivity contribution in [3.05, 3.63) is 47.5 Å². The minimum Gasteiger partial charge on any atom is -0.396 e. The predicted molar refractivity (Wildman–Crippen MR) is 92.0 cm³/mol. The lowest BCUT2D eigenvalue weighted by Crippen LogP contribution is -2.41. The molecule has 0 aliphatic heterocycles. The molecule has 1 aliphatic carbocycles. The van der Waals surface area contributed by atoms with Gasteiger partial charge in [-0.25, -0.2) is 4.79 Å². The molecule has 0 heterocycles. The Hall–Kier alpha value is -1.46. The number of carbonyl (C=O) groups excluding carboxylic acids is 1. The van der Waals surface area contributed by atoms with Crippen molar-refractivity contribution in [1.82, 2.24) is 10.6 Å². The molecule has 3 N–H and O–H groups in total. The van der Waals surface area contributed by atoms with Crippen LogP contribution in [0.4, 0.5) is 4.79 Å². The van der Waals surface area contributed by atoms with Gasteiger partial charge in [0.2, 0.25) is 0 Å². The van der Waals surface area contributed by atoms with Crippen LogP contribution in [0.2, 0.25) is 0 Å². The largest absolute Gasteiger partial charge is 0.396 e. The number of aliphatic hydroxyl groups excluding tert-OH is 1. The fraction of sp³-hybridized carbons (Fsp3) is 0.471. The molecule has 0 radical (unpaired) electrons. The Balaban J connectivity index is 1.54. The van der Waals surface area contributed by atoms with Crippen molar-refractivity contribution in [1.29, 1.82) is 0 Å². The monoisotopic (exact) mass is 320 g/mol. The number of hydrogen-bond donors (Lipinski definition) is 3. The van der Waals surface area contributed by atoms with E-state index in [0.29, 0.717) is 6.54 Å². The summed E-state index contributed by atoms with van der Waals surface area (Å²) in [5.41, 5.74) is 2.59. The number of rotatable bonds is 7. The van der Waals surface area contributed by atoms with Crippen molar-refractivity contribution < 1.29 is 9.90 Å². The molecule has 22 heavy (non-hydrogen) atoms. The molecule has 1 aliphatic rings. The fourth-order valence-electron chi connectivity index (χ4n) is 2.35. The van der Waals surface area contributed by atoms with Crippen molar-refractivity contribution in [3.8, 4) is 0 Å². The first kappa shape index (κ1) is 16.9. The van der Waals surface area contributed by atoms with Crippen LogP contribution < -0.4 is 10.6 Å². The third-order valence-corrected chi connectivity index (χ3v) is 4.67. The Bertz CT molecular complexity index is 502. The Morgan fingerprint density at radius 3 is 2.77 bits per heavy atom. The number of benzene rings is 1. The van der Waals surface area contributed by atoms with Crippen molar-refractivity contribution in [3.63, 3.8) is 0 Å². The number of nitrogens with one attached hydrogen (secondary N) is 2. The van der Waals surface area contributed by atoms with Gasteiger partial charge in [0.15, 0.2) is 0 Å². The molecule has 4 nitrogen and oxygen atoms in total. The van der Waals surface area contributed by atoms with Gasteiger partial charge in [0.25, 0.3) is 0 Å². The van der Waals surface area contributed by atoms with Gasteiger partial charge in [0, 0.05) is 36.6 Å². The summed E-state index contributed by atoms with van der Waals surface area (Å²) >= 11 is 1.81. The van der Waals surface area contributed by atoms with Crippen LogP contribution in [-0.4, -0.2) is 36.1 Å². The van der Waals surface area contributed by atoms with Gasteiger partial charge in [0.1, 0.15) is 0 Å². The van der Waals surface area contributed by atoms with Crippen molar-refractivity contribution >= 4 is 17.8 Å². The Labute approximate surface area is 136 Å². The zero-order valence-corrected chi connectivity index (χ0v) is 13.7. The molecular weight excluding hydrogens is 296 g/mol. The van der Waals surface area contributed by atoms with Crippen LogP contribution in [0.3, 0.4) is 0 Å². The summed E-state index contributed by atoms with van der Waals surface area (Å²) < 4.78 is 0. The standard InChI is InChI=1S/C17H24N2O2S/c1-13-2-4-14(5-3-13)12-22-9-8-18-17(21)19-16-7-6-15(10-16)11-20/h2-7,15-16,20H,8-12H2,1H3,(H2,18,19,21)/t15-,16+/m0/s1. The molecule has 5 heteroatoms. The van der Waals surface area contributed by atoms with E-state index in [2.05, 4.69) is 41.8 Å². The van der Waals surface area contributed by atoms with E-state index in [1.165, 1.54) is 11.1 Å². The van der Waals surface area contributed by atoms with E-state index in [0.717, 1.165) is 17.9 Å². The maximum absolute atomic E-state index is 11.7. The second kappa shape index (κ2) is 8.86. The predicted octanol–water partition coefficient (Wildman–Crippen LogP) is 2.46. The minimum absolute atomic E-state index is 0.0392. The molecule has 0 saturated heterocycles. The number of hydrogen-bond acceptors (Lipinski definition) is 3. The number of amides is 2. The van der Waals surface area contributed by atoms with Gasteiger partial charge in [-0.3, -0.25) is 0 Å². The fourth-order valence-corrected chi connectivity index (χ4v) is 3.17. The van der Waals surface area contributed by atoms with Crippen LogP contribution in [0.15, 0.2) is 36.4 Å². The van der Waals surface area contributed by atoms with Crippen LogP contribution >= 0.6 is 11.8 Å². The van der Waals surface area contributed by atoms with E-state index in [4.69, 9.17) is 5.11 Å². The number of thioether (sulfide) groups is 1. The topological polar surface area (TPSA) is 61.4 Å². The average molecular weight is 320 g/mol. The average Bonchev–Trinajstić information content (AvgIpc) is 2.96. The van der Waals surface area contributed by atoms with Crippen molar-refractivity contribution in [2.75, 3.05) is 18.9 Å². The molecule has 2 amide bonds. The Morgan fingerprint density at radius 1 is 1.32 bits per heavy atom. The summed E-state index contributed by atoms with van der Waals surface area (Å²) in [6, 6.07) is 8.44. The summed E-state index contributed by atoms with van der Waals surface area (Å²) in [5, 5.41) is 14.8. The van der Waals surface area contributed by atoms with E-state index in [1.54, 1.807) is 0 Å². The number of carbonyl (C=O) groups is 1. The van der Waals surface area contributed by atoms with E-state index in [1.807, 2.05) is 23.9 Å². The molecule has 0 spiro atoms. The molecular formula is C17H24N2O2S. The second-order valence-electron chi connectivity index (χ2n) is 5.61. The normalized spacial score (nSPS) is 20.1. The highest BCUT2D eigenvalue weighted by atomic mass is 32.2. The van der Waals surface area contributed by atoms with Gasteiger partial charge in [-0.2, -0.15) is 11.8 Å². The Kier molecular flexibility index (Phi) is 6.80. The highest BCUT2D eigenvalue weighted by Crippen LogP contribution is 2.16. The first-order chi connectivity index (χ1) is 10.7. The molecule has 2 atom stereocenters. The van der Waals surface area contributed by atoms with Gasteiger partial charge in [-0.15, -0.1) is 0 Å². The SMILES string of the molecule is Cc1ccc(CSCCNC(=O)N[C@@H]2C=C[C@H](CO)C2)cc1. The summed E-state index contributed by atoms with van der Waals surface area (Å²) in [7, 11) is 0. The number of aryl methyl sites for hydroxylation is 1. The van der Waals surface area contributed by atoms with Gasteiger partial charge in [-0.05, 0) is 18.9 Å². The van der Waals surface area contributed by atoms with Crippen LogP contribution in [-0.2, 0) is 5.75 Å². The van der Waals surface area contributed by atoms with Gasteiger partial charge in [0.05, 0.1) is 0 Å². The third-order valence-electron chi connectivity index (χ3n) is 3.64. The molecule has 120 valence electrons. The molecule has 0 saturated carbocycles. The smallest absolute Gasteiger partial charge is 0.315 e. The van der Waals surface area contributed by atoms with Gasteiger partial charge in [-0.1, -0.05) is 42.0 Å². The van der Waals surface area contributed by atoms with E-state index in [9.17, 15) is 4.79 Å². The molecule has 0 unspecified atom stereocenters. The first-order valence-corrected chi connectivity index (χ1v) is 8.79. The van der Waals surface area contributed by atoms with E-state index in [-0.39, 0.29) is 24.6 Å². The number of urea groups is 1. The summed E-state index contributed by atoms with van der Waals surface area (Å²) in [6.07, 6.45) is 4.70. The summed E-state index contributed by atoms with van der Waals surface area (Å²) in [5.74, 6) is 2.03. The lowest BCUT2D eigenvalue weighted by atomic mass is 10.1. The zero-order chi connectivity index (χ0) is 15.8. The maximum Gasteiger partial charge on any atom is 0.315 e. The van der Waals surface area contributed by atoms with Gasteiger partial charge < -0.3 is 15.7 Å². The van der Waals surface area contributed by atoms with Crippen LogP contribution in [0.1, 0.15) is 17.5 Å².